The second-order valence-electron chi connectivity index (χ2n) is 5.97. The maximum atomic E-state index is 12.1. The number of sulfone groups is 1. The quantitative estimate of drug-likeness (QED) is 0.727. The van der Waals surface area contributed by atoms with Crippen molar-refractivity contribution >= 4 is 25.8 Å². The third-order valence-corrected chi connectivity index (χ3v) is 8.23. The largest absolute Gasteiger partial charge is 0.481 e. The molecule has 1 atom stereocenters. The van der Waals surface area contributed by atoms with Gasteiger partial charge in [0.2, 0.25) is 10.0 Å². The fourth-order valence-electron chi connectivity index (χ4n) is 2.97. The summed E-state index contributed by atoms with van der Waals surface area (Å²) in [5.74, 6) is -1.34. The van der Waals surface area contributed by atoms with Crippen molar-refractivity contribution in [3.8, 4) is 0 Å². The lowest BCUT2D eigenvalue weighted by Crippen LogP contribution is -2.38. The monoisotopic (exact) mass is 339 g/mol. The number of sulfonamides is 1. The van der Waals surface area contributed by atoms with Gasteiger partial charge in [-0.05, 0) is 38.0 Å². The highest BCUT2D eigenvalue weighted by atomic mass is 32.2. The van der Waals surface area contributed by atoms with Crippen molar-refractivity contribution in [1.29, 1.82) is 0 Å². The third-order valence-electron chi connectivity index (χ3n) is 4.40. The number of rotatable bonds is 5. The van der Waals surface area contributed by atoms with Crippen molar-refractivity contribution in [3.63, 3.8) is 0 Å². The lowest BCUT2D eigenvalue weighted by molar-refractivity contribution is -0.143. The summed E-state index contributed by atoms with van der Waals surface area (Å²) in [6.45, 7) is 0.269. The summed E-state index contributed by atoms with van der Waals surface area (Å²) in [6.07, 6.45) is 2.66. The van der Waals surface area contributed by atoms with E-state index in [1.54, 1.807) is 0 Å². The van der Waals surface area contributed by atoms with E-state index in [-0.39, 0.29) is 36.3 Å². The Balaban J connectivity index is 1.82. The first-order chi connectivity index (χ1) is 9.70. The Morgan fingerprint density at radius 3 is 2.24 bits per heavy atom. The minimum atomic E-state index is -3.61. The van der Waals surface area contributed by atoms with Crippen molar-refractivity contribution < 1.29 is 26.7 Å². The second kappa shape index (κ2) is 6.21. The molecule has 9 heteroatoms. The van der Waals surface area contributed by atoms with E-state index in [9.17, 15) is 21.6 Å². The maximum Gasteiger partial charge on any atom is 0.306 e. The number of carboxylic acid groups (broad SMARTS) is 1. The van der Waals surface area contributed by atoms with E-state index in [2.05, 4.69) is 4.72 Å². The topological polar surface area (TPSA) is 118 Å². The van der Waals surface area contributed by atoms with Gasteiger partial charge in [0, 0.05) is 6.54 Å². The molecular weight excluding hydrogens is 318 g/mol. The van der Waals surface area contributed by atoms with Crippen molar-refractivity contribution in [3.05, 3.63) is 0 Å². The Kier molecular flexibility index (Phi) is 4.94. The number of hydrogen-bond donors (Lipinski definition) is 2. The highest BCUT2D eigenvalue weighted by molar-refractivity contribution is 7.95. The molecule has 0 bridgehead atoms. The van der Waals surface area contributed by atoms with Crippen LogP contribution in [0.3, 0.4) is 0 Å². The second-order valence-corrected chi connectivity index (χ2v) is 10.2. The number of carboxylic acids is 1. The molecule has 2 N–H and O–H groups in total. The molecule has 0 amide bonds. The lowest BCUT2D eigenvalue weighted by Gasteiger charge is -2.26. The Hall–Kier alpha value is -0.670. The average Bonchev–Trinajstić information content (AvgIpc) is 2.78. The lowest BCUT2D eigenvalue weighted by atomic mass is 9.82. The van der Waals surface area contributed by atoms with Gasteiger partial charge in [-0.3, -0.25) is 4.79 Å². The summed E-state index contributed by atoms with van der Waals surface area (Å²) in [5.41, 5.74) is 0. The molecule has 1 saturated heterocycles. The molecule has 2 rings (SSSR count). The predicted octanol–water partition coefficient (Wildman–Crippen LogP) is -0.0161. The van der Waals surface area contributed by atoms with E-state index >= 15 is 0 Å². The standard InChI is InChI=1S/C12H21NO6S2/c14-12(15)10-3-1-9(2-4-10)7-13-21(18,19)11-5-6-20(16,17)8-11/h9-11,13H,1-8H2,(H,14,15). The average molecular weight is 339 g/mol. The number of aliphatic carboxylic acids is 1. The van der Waals surface area contributed by atoms with E-state index in [1.807, 2.05) is 0 Å². The molecular formula is C12H21NO6S2. The van der Waals surface area contributed by atoms with Crippen LogP contribution in [0.1, 0.15) is 32.1 Å². The SMILES string of the molecule is O=C(O)C1CCC(CNS(=O)(=O)C2CCS(=O)(=O)C2)CC1. The van der Waals surface area contributed by atoms with Crippen LogP contribution in [0.4, 0.5) is 0 Å². The fraction of sp³-hybridized carbons (Fsp3) is 0.917. The van der Waals surface area contributed by atoms with Gasteiger partial charge in [0.25, 0.3) is 0 Å². The molecule has 1 saturated carbocycles. The van der Waals surface area contributed by atoms with Gasteiger partial charge in [-0.15, -0.1) is 0 Å². The fourth-order valence-corrected chi connectivity index (χ4v) is 7.13. The van der Waals surface area contributed by atoms with E-state index in [0.29, 0.717) is 25.7 Å². The zero-order valence-electron chi connectivity index (χ0n) is 11.7. The van der Waals surface area contributed by atoms with Gasteiger partial charge in [0.05, 0.1) is 22.7 Å². The minimum absolute atomic E-state index is 0.0672. The van der Waals surface area contributed by atoms with E-state index < -0.39 is 31.1 Å². The Labute approximate surface area is 125 Å². The van der Waals surface area contributed by atoms with Crippen LogP contribution >= 0.6 is 0 Å². The molecule has 2 fully saturated rings. The summed E-state index contributed by atoms with van der Waals surface area (Å²) in [7, 11) is -6.83. The van der Waals surface area contributed by atoms with Gasteiger partial charge in [-0.1, -0.05) is 0 Å². The van der Waals surface area contributed by atoms with Crippen molar-refractivity contribution in [2.45, 2.75) is 37.4 Å². The summed E-state index contributed by atoms with van der Waals surface area (Å²) in [4.78, 5) is 10.8. The van der Waals surface area contributed by atoms with Gasteiger partial charge in [-0.2, -0.15) is 0 Å². The Morgan fingerprint density at radius 2 is 1.76 bits per heavy atom. The minimum Gasteiger partial charge on any atom is -0.481 e. The molecule has 0 radical (unpaired) electrons. The van der Waals surface area contributed by atoms with Crippen LogP contribution in [0, 0.1) is 11.8 Å². The first-order valence-corrected chi connectivity index (χ1v) is 10.5. The predicted molar refractivity (Wildman–Crippen MR) is 77.1 cm³/mol. The van der Waals surface area contributed by atoms with E-state index in [4.69, 9.17) is 5.11 Å². The first kappa shape index (κ1) is 16.7. The van der Waals surface area contributed by atoms with Crippen LogP contribution in [0.15, 0.2) is 0 Å². The molecule has 1 unspecified atom stereocenters. The van der Waals surface area contributed by atoms with E-state index in [0.717, 1.165) is 0 Å². The van der Waals surface area contributed by atoms with Crippen molar-refractivity contribution in [1.82, 2.24) is 4.72 Å². The van der Waals surface area contributed by atoms with Gasteiger partial charge in [0.15, 0.2) is 9.84 Å². The van der Waals surface area contributed by atoms with Crippen LogP contribution in [0.5, 0.6) is 0 Å². The highest BCUT2D eigenvalue weighted by Crippen LogP contribution is 2.29. The van der Waals surface area contributed by atoms with Crippen LogP contribution < -0.4 is 4.72 Å². The van der Waals surface area contributed by atoms with E-state index in [1.165, 1.54) is 0 Å². The van der Waals surface area contributed by atoms with Crippen LogP contribution in [-0.2, 0) is 24.7 Å². The van der Waals surface area contributed by atoms with Crippen LogP contribution in [-0.4, -0.2) is 51.2 Å². The number of nitrogens with one attached hydrogen (secondary N) is 1. The number of carbonyl (C=O) groups is 1. The van der Waals surface area contributed by atoms with Crippen molar-refractivity contribution in [2.24, 2.45) is 11.8 Å². The molecule has 0 aromatic carbocycles. The molecule has 1 heterocycles. The van der Waals surface area contributed by atoms with Gasteiger partial charge >= 0.3 is 5.97 Å². The maximum absolute atomic E-state index is 12.1. The molecule has 1 aliphatic heterocycles. The molecule has 0 aromatic rings. The smallest absolute Gasteiger partial charge is 0.306 e. The van der Waals surface area contributed by atoms with Crippen molar-refractivity contribution in [2.75, 3.05) is 18.1 Å². The molecule has 122 valence electrons. The van der Waals surface area contributed by atoms with Crippen LogP contribution in [0.25, 0.3) is 0 Å². The Bertz CT molecular complexity index is 589. The molecule has 0 aromatic heterocycles. The molecule has 1 aliphatic carbocycles. The summed E-state index contributed by atoms with van der Waals surface area (Å²) in [6, 6.07) is 0. The molecule has 21 heavy (non-hydrogen) atoms. The summed E-state index contributed by atoms with van der Waals surface area (Å²) < 4.78 is 49.3. The van der Waals surface area contributed by atoms with Gasteiger partial charge < -0.3 is 5.11 Å². The summed E-state index contributed by atoms with van der Waals surface area (Å²) >= 11 is 0. The Morgan fingerprint density at radius 1 is 1.14 bits per heavy atom. The highest BCUT2D eigenvalue weighted by Gasteiger charge is 2.37. The molecule has 0 spiro atoms. The zero-order chi connectivity index (χ0) is 15.7. The van der Waals surface area contributed by atoms with Crippen LogP contribution in [0.2, 0.25) is 0 Å². The summed E-state index contributed by atoms with van der Waals surface area (Å²) in [5, 5.41) is 8.06. The number of hydrogen-bond acceptors (Lipinski definition) is 5. The van der Waals surface area contributed by atoms with Gasteiger partial charge in [-0.25, -0.2) is 21.6 Å². The first-order valence-electron chi connectivity index (χ1n) is 7.11. The van der Waals surface area contributed by atoms with Gasteiger partial charge in [0.1, 0.15) is 0 Å². The molecule has 7 nitrogen and oxygen atoms in total. The normalized spacial score (nSPS) is 32.9. The molecule has 2 aliphatic rings. The zero-order valence-corrected chi connectivity index (χ0v) is 13.3. The third kappa shape index (κ3) is 4.40.